The fourth-order valence-electron chi connectivity index (χ4n) is 2.68. The summed E-state index contributed by atoms with van der Waals surface area (Å²) >= 11 is 0. The van der Waals surface area contributed by atoms with Crippen molar-refractivity contribution in [2.75, 3.05) is 14.2 Å². The first kappa shape index (κ1) is 22.0. The van der Waals surface area contributed by atoms with Crippen molar-refractivity contribution in [1.29, 1.82) is 0 Å². The topological polar surface area (TPSA) is 94.1 Å². The summed E-state index contributed by atoms with van der Waals surface area (Å²) in [5, 5.41) is 8.97. The smallest absolute Gasteiger partial charge is 0.331 e. The van der Waals surface area contributed by atoms with Gasteiger partial charge in [-0.05, 0) is 36.6 Å². The molecule has 0 radical (unpaired) electrons. The van der Waals surface area contributed by atoms with Crippen molar-refractivity contribution in [3.8, 4) is 11.5 Å². The Morgan fingerprint density at radius 1 is 1.03 bits per heavy atom. The third-order valence-corrected chi connectivity index (χ3v) is 4.26. The predicted octanol–water partition coefficient (Wildman–Crippen LogP) is 2.77. The van der Waals surface area contributed by atoms with Crippen LogP contribution in [0.2, 0.25) is 0 Å². The summed E-state index contributed by atoms with van der Waals surface area (Å²) in [5.74, 6) is -0.473. The van der Waals surface area contributed by atoms with Crippen molar-refractivity contribution in [2.45, 2.75) is 25.9 Å². The number of hydrogen-bond acceptors (Lipinski definition) is 6. The van der Waals surface area contributed by atoms with Crippen LogP contribution in [-0.2, 0) is 27.2 Å². The number of esters is 1. The SMILES string of the molecule is COc1ccc(CC(OC(=O)/C=C/Cc2ccc(C)cc2)C(=O)NO)cc1OC. The fourth-order valence-corrected chi connectivity index (χ4v) is 2.68. The number of amides is 1. The van der Waals surface area contributed by atoms with Gasteiger partial charge in [0.1, 0.15) is 0 Å². The number of allylic oxidation sites excluding steroid dienone is 1. The molecule has 0 saturated heterocycles. The molecule has 2 aromatic rings. The van der Waals surface area contributed by atoms with Crippen LogP contribution in [0.3, 0.4) is 0 Å². The van der Waals surface area contributed by atoms with E-state index in [-0.39, 0.29) is 6.42 Å². The van der Waals surface area contributed by atoms with E-state index in [2.05, 4.69) is 0 Å². The van der Waals surface area contributed by atoms with Crippen molar-refractivity contribution in [1.82, 2.24) is 5.48 Å². The normalized spacial score (nSPS) is 11.7. The largest absolute Gasteiger partial charge is 0.493 e. The highest BCUT2D eigenvalue weighted by molar-refractivity contribution is 5.87. The van der Waals surface area contributed by atoms with Gasteiger partial charge in [-0.3, -0.25) is 10.0 Å². The Morgan fingerprint density at radius 3 is 2.31 bits per heavy atom. The van der Waals surface area contributed by atoms with Crippen molar-refractivity contribution in [3.63, 3.8) is 0 Å². The highest BCUT2D eigenvalue weighted by Crippen LogP contribution is 2.28. The first-order chi connectivity index (χ1) is 14.0. The molecule has 0 aliphatic carbocycles. The van der Waals surface area contributed by atoms with Gasteiger partial charge in [-0.25, -0.2) is 10.3 Å². The number of hydroxylamine groups is 1. The zero-order valence-electron chi connectivity index (χ0n) is 16.7. The molecule has 7 heteroatoms. The van der Waals surface area contributed by atoms with Crippen LogP contribution in [0.25, 0.3) is 0 Å². The van der Waals surface area contributed by atoms with Gasteiger partial charge in [-0.1, -0.05) is 42.0 Å². The minimum atomic E-state index is -1.20. The fraction of sp³-hybridized carbons (Fsp3) is 0.273. The number of aryl methyl sites for hydroxylation is 1. The zero-order valence-corrected chi connectivity index (χ0v) is 16.7. The van der Waals surface area contributed by atoms with Crippen molar-refractivity contribution < 1.29 is 29.0 Å². The molecule has 2 aromatic carbocycles. The van der Waals surface area contributed by atoms with Gasteiger partial charge in [0, 0.05) is 12.5 Å². The second-order valence-corrected chi connectivity index (χ2v) is 6.39. The molecule has 1 amide bonds. The molecule has 1 unspecified atom stereocenters. The van der Waals surface area contributed by atoms with Crippen molar-refractivity contribution in [2.24, 2.45) is 0 Å². The van der Waals surface area contributed by atoms with Crippen LogP contribution in [0.1, 0.15) is 16.7 Å². The maximum atomic E-state index is 12.1. The molecule has 0 aliphatic rings. The molecule has 2 N–H and O–H groups in total. The number of nitrogens with one attached hydrogen (secondary N) is 1. The maximum Gasteiger partial charge on any atom is 0.331 e. The number of hydrogen-bond donors (Lipinski definition) is 2. The first-order valence-corrected chi connectivity index (χ1v) is 9.04. The van der Waals surface area contributed by atoms with Crippen LogP contribution in [0.4, 0.5) is 0 Å². The zero-order chi connectivity index (χ0) is 21.2. The lowest BCUT2D eigenvalue weighted by Crippen LogP contribution is -2.37. The monoisotopic (exact) mass is 399 g/mol. The van der Waals surface area contributed by atoms with E-state index in [0.29, 0.717) is 23.5 Å². The Morgan fingerprint density at radius 2 is 1.69 bits per heavy atom. The second kappa shape index (κ2) is 10.9. The molecule has 0 heterocycles. The van der Waals surface area contributed by atoms with E-state index in [1.54, 1.807) is 24.3 Å². The van der Waals surface area contributed by atoms with Crippen LogP contribution >= 0.6 is 0 Å². The lowest BCUT2D eigenvalue weighted by atomic mass is 10.1. The Bertz CT molecular complexity index is 860. The molecular weight excluding hydrogens is 374 g/mol. The van der Waals surface area contributed by atoms with Crippen molar-refractivity contribution in [3.05, 3.63) is 71.3 Å². The maximum absolute atomic E-state index is 12.1. The van der Waals surface area contributed by atoms with Gasteiger partial charge in [-0.2, -0.15) is 0 Å². The lowest BCUT2D eigenvalue weighted by molar-refractivity contribution is -0.155. The summed E-state index contributed by atoms with van der Waals surface area (Å²) in [6.07, 6.45) is 2.35. The second-order valence-electron chi connectivity index (χ2n) is 6.39. The number of rotatable bonds is 9. The van der Waals surface area contributed by atoms with Gasteiger partial charge < -0.3 is 14.2 Å². The van der Waals surface area contributed by atoms with Gasteiger partial charge in [0.2, 0.25) is 0 Å². The standard InChI is InChI=1S/C22H25NO6/c1-15-7-9-16(10-8-15)5-4-6-21(24)29-20(22(25)23-26)14-17-11-12-18(27-2)19(13-17)28-3/h4,6-13,20,26H,5,14H2,1-3H3,(H,23,25)/b6-4+. The van der Waals surface area contributed by atoms with Gasteiger partial charge in [-0.15, -0.1) is 0 Å². The number of methoxy groups -OCH3 is 2. The Hall–Kier alpha value is -3.32. The van der Waals surface area contributed by atoms with Crippen molar-refractivity contribution >= 4 is 11.9 Å². The third-order valence-electron chi connectivity index (χ3n) is 4.26. The van der Waals surface area contributed by atoms with Crippen LogP contribution in [0, 0.1) is 6.92 Å². The molecule has 0 spiro atoms. The Labute approximate surface area is 169 Å². The molecule has 0 aromatic heterocycles. The summed E-state index contributed by atoms with van der Waals surface area (Å²) in [6.45, 7) is 2.00. The van der Waals surface area contributed by atoms with E-state index in [9.17, 15) is 9.59 Å². The van der Waals surface area contributed by atoms with Crippen LogP contribution < -0.4 is 15.0 Å². The number of carbonyl (C=O) groups excluding carboxylic acids is 2. The minimum absolute atomic E-state index is 0.0598. The Kier molecular flexibility index (Phi) is 8.24. The molecular formula is C22H25NO6. The van der Waals surface area contributed by atoms with Crippen LogP contribution in [0.15, 0.2) is 54.6 Å². The molecule has 0 fully saturated rings. The highest BCUT2D eigenvalue weighted by Gasteiger charge is 2.23. The van der Waals surface area contributed by atoms with E-state index >= 15 is 0 Å². The van der Waals surface area contributed by atoms with Gasteiger partial charge >= 0.3 is 5.97 Å². The summed E-state index contributed by atoms with van der Waals surface area (Å²) in [6, 6.07) is 13.0. The van der Waals surface area contributed by atoms with Gasteiger partial charge in [0.15, 0.2) is 17.6 Å². The number of carbonyl (C=O) groups is 2. The highest BCUT2D eigenvalue weighted by atomic mass is 16.6. The quantitative estimate of drug-likeness (QED) is 0.291. The summed E-state index contributed by atoms with van der Waals surface area (Å²) in [7, 11) is 3.02. The number of benzene rings is 2. The molecule has 0 aliphatic heterocycles. The molecule has 1 atom stereocenters. The predicted molar refractivity (Wildman–Crippen MR) is 107 cm³/mol. The molecule has 29 heavy (non-hydrogen) atoms. The van der Waals surface area contributed by atoms with E-state index in [0.717, 1.165) is 11.1 Å². The average molecular weight is 399 g/mol. The van der Waals surface area contributed by atoms with Gasteiger partial charge in [0.25, 0.3) is 5.91 Å². The third kappa shape index (κ3) is 6.65. The van der Waals surface area contributed by atoms with Gasteiger partial charge in [0.05, 0.1) is 14.2 Å². The summed E-state index contributed by atoms with van der Waals surface area (Å²) < 4.78 is 15.6. The summed E-state index contributed by atoms with van der Waals surface area (Å²) in [4.78, 5) is 24.1. The van der Waals surface area contributed by atoms with Crippen LogP contribution in [-0.4, -0.2) is 37.4 Å². The van der Waals surface area contributed by atoms with E-state index in [1.165, 1.54) is 25.8 Å². The molecule has 7 nitrogen and oxygen atoms in total. The Balaban J connectivity index is 2.02. The van der Waals surface area contributed by atoms with Crippen LogP contribution in [0.5, 0.6) is 11.5 Å². The summed E-state index contributed by atoms with van der Waals surface area (Å²) in [5.41, 5.74) is 4.41. The minimum Gasteiger partial charge on any atom is -0.493 e. The average Bonchev–Trinajstić information content (AvgIpc) is 2.73. The van der Waals surface area contributed by atoms with E-state index in [4.69, 9.17) is 19.4 Å². The lowest BCUT2D eigenvalue weighted by Gasteiger charge is -2.16. The molecule has 0 saturated carbocycles. The van der Waals surface area contributed by atoms with E-state index in [1.807, 2.05) is 31.2 Å². The van der Waals surface area contributed by atoms with E-state index < -0.39 is 18.0 Å². The first-order valence-electron chi connectivity index (χ1n) is 9.04. The molecule has 0 bridgehead atoms. The molecule has 2 rings (SSSR count). The molecule has 154 valence electrons. The number of ether oxygens (including phenoxy) is 3.